The molecule has 0 saturated carbocycles. The van der Waals surface area contributed by atoms with Crippen LogP contribution in [0, 0.1) is 13.8 Å². The molecular weight excluding hydrogens is 286 g/mol. The highest BCUT2D eigenvalue weighted by Crippen LogP contribution is 2.18. The number of rotatable bonds is 3. The van der Waals surface area contributed by atoms with Crippen molar-refractivity contribution in [2.45, 2.75) is 20.4 Å². The monoisotopic (exact) mass is 307 g/mol. The van der Waals surface area contributed by atoms with Crippen LogP contribution in [0.1, 0.15) is 17.0 Å². The van der Waals surface area contributed by atoms with Crippen molar-refractivity contribution >= 4 is 12.4 Å². The number of pyridine rings is 1. The van der Waals surface area contributed by atoms with Crippen LogP contribution in [0.4, 0.5) is 0 Å². The molecule has 6 heteroatoms. The first-order chi connectivity index (χ1) is 9.75. The molecule has 2 aromatic rings. The van der Waals surface area contributed by atoms with E-state index in [2.05, 4.69) is 34.1 Å². The van der Waals surface area contributed by atoms with E-state index in [1.807, 2.05) is 29.1 Å². The Hall–Kier alpha value is -1.43. The Labute approximate surface area is 131 Å². The SMILES string of the molecule is Cc1nn(-c2ccccn2)c(C)c1CN1CCNCC1.Cl. The molecule has 0 atom stereocenters. The molecular formula is C15H22ClN5. The normalized spacial score (nSPS) is 15.7. The van der Waals surface area contributed by atoms with Crippen LogP contribution >= 0.6 is 12.4 Å². The van der Waals surface area contributed by atoms with E-state index in [1.54, 1.807) is 0 Å². The standard InChI is InChI=1S/C15H21N5.ClH/c1-12-14(11-19-9-7-16-8-10-19)13(2)20(18-12)15-5-3-4-6-17-15;/h3-6,16H,7-11H2,1-2H3;1H. The zero-order valence-electron chi connectivity index (χ0n) is 12.5. The average Bonchev–Trinajstić information content (AvgIpc) is 2.77. The van der Waals surface area contributed by atoms with E-state index in [0.29, 0.717) is 0 Å². The van der Waals surface area contributed by atoms with Gasteiger partial charge in [0.25, 0.3) is 0 Å². The Morgan fingerprint density at radius 3 is 2.62 bits per heavy atom. The minimum absolute atomic E-state index is 0. The van der Waals surface area contributed by atoms with Gasteiger partial charge in [0.05, 0.1) is 5.69 Å². The zero-order valence-corrected chi connectivity index (χ0v) is 13.4. The number of nitrogens with one attached hydrogen (secondary N) is 1. The second kappa shape index (κ2) is 7.02. The summed E-state index contributed by atoms with van der Waals surface area (Å²) in [5, 5.41) is 8.05. The van der Waals surface area contributed by atoms with Gasteiger partial charge in [0.2, 0.25) is 0 Å². The van der Waals surface area contributed by atoms with E-state index < -0.39 is 0 Å². The fourth-order valence-electron chi connectivity index (χ4n) is 2.70. The summed E-state index contributed by atoms with van der Waals surface area (Å²) >= 11 is 0. The highest BCUT2D eigenvalue weighted by Gasteiger charge is 2.17. The highest BCUT2D eigenvalue weighted by molar-refractivity contribution is 5.85. The van der Waals surface area contributed by atoms with Crippen LogP contribution in [0.3, 0.4) is 0 Å². The van der Waals surface area contributed by atoms with Gasteiger partial charge in [0.1, 0.15) is 0 Å². The van der Waals surface area contributed by atoms with Gasteiger partial charge in [0, 0.05) is 50.2 Å². The first-order valence-corrected chi connectivity index (χ1v) is 7.15. The maximum absolute atomic E-state index is 4.66. The van der Waals surface area contributed by atoms with E-state index >= 15 is 0 Å². The Morgan fingerprint density at radius 1 is 1.19 bits per heavy atom. The summed E-state index contributed by atoms with van der Waals surface area (Å²) in [4.78, 5) is 6.87. The van der Waals surface area contributed by atoms with Crippen molar-refractivity contribution in [1.82, 2.24) is 25.0 Å². The Bertz CT molecular complexity index is 575. The van der Waals surface area contributed by atoms with Crippen molar-refractivity contribution in [3.63, 3.8) is 0 Å². The van der Waals surface area contributed by atoms with E-state index in [0.717, 1.165) is 44.2 Å². The summed E-state index contributed by atoms with van der Waals surface area (Å²) in [5.41, 5.74) is 3.63. The lowest BCUT2D eigenvalue weighted by molar-refractivity contribution is 0.232. The molecule has 2 aromatic heterocycles. The summed E-state index contributed by atoms with van der Waals surface area (Å²) in [5.74, 6) is 0.889. The lowest BCUT2D eigenvalue weighted by Gasteiger charge is -2.27. The summed E-state index contributed by atoms with van der Waals surface area (Å²) in [7, 11) is 0. The first-order valence-electron chi connectivity index (χ1n) is 7.15. The molecule has 1 aliphatic rings. The van der Waals surface area contributed by atoms with Gasteiger partial charge >= 0.3 is 0 Å². The van der Waals surface area contributed by atoms with Crippen LogP contribution in [0.2, 0.25) is 0 Å². The van der Waals surface area contributed by atoms with Crippen LogP contribution in [-0.4, -0.2) is 45.8 Å². The fourth-order valence-corrected chi connectivity index (χ4v) is 2.70. The smallest absolute Gasteiger partial charge is 0.153 e. The van der Waals surface area contributed by atoms with Gasteiger partial charge in [-0.1, -0.05) is 6.07 Å². The van der Waals surface area contributed by atoms with Gasteiger partial charge in [-0.05, 0) is 26.0 Å². The maximum atomic E-state index is 4.66. The molecule has 0 bridgehead atoms. The molecule has 0 radical (unpaired) electrons. The van der Waals surface area contributed by atoms with Gasteiger partial charge in [-0.3, -0.25) is 4.90 Å². The summed E-state index contributed by atoms with van der Waals surface area (Å²) in [6, 6.07) is 5.92. The molecule has 3 rings (SSSR count). The van der Waals surface area contributed by atoms with Gasteiger partial charge < -0.3 is 5.32 Å². The molecule has 0 spiro atoms. The van der Waals surface area contributed by atoms with Crippen LogP contribution in [0.15, 0.2) is 24.4 Å². The van der Waals surface area contributed by atoms with Crippen molar-refractivity contribution in [3.05, 3.63) is 41.3 Å². The van der Waals surface area contributed by atoms with Gasteiger partial charge in [-0.25, -0.2) is 9.67 Å². The van der Waals surface area contributed by atoms with E-state index in [4.69, 9.17) is 0 Å². The third-order valence-corrected chi connectivity index (χ3v) is 3.90. The predicted molar refractivity (Wildman–Crippen MR) is 86.2 cm³/mol. The topological polar surface area (TPSA) is 46.0 Å². The van der Waals surface area contributed by atoms with Crippen LogP contribution < -0.4 is 5.32 Å². The molecule has 1 fully saturated rings. The van der Waals surface area contributed by atoms with E-state index in [-0.39, 0.29) is 12.4 Å². The van der Waals surface area contributed by atoms with Crippen molar-refractivity contribution < 1.29 is 0 Å². The number of aromatic nitrogens is 3. The van der Waals surface area contributed by atoms with Crippen LogP contribution in [0.25, 0.3) is 5.82 Å². The molecule has 1 saturated heterocycles. The van der Waals surface area contributed by atoms with Gasteiger partial charge in [-0.15, -0.1) is 12.4 Å². The van der Waals surface area contributed by atoms with Crippen molar-refractivity contribution in [1.29, 1.82) is 0 Å². The second-order valence-corrected chi connectivity index (χ2v) is 5.28. The largest absolute Gasteiger partial charge is 0.314 e. The maximum Gasteiger partial charge on any atom is 0.153 e. The predicted octanol–water partition coefficient (Wildman–Crippen LogP) is 1.71. The quantitative estimate of drug-likeness (QED) is 0.938. The van der Waals surface area contributed by atoms with Gasteiger partial charge in [0.15, 0.2) is 5.82 Å². The number of aryl methyl sites for hydroxylation is 1. The molecule has 1 N–H and O–H groups in total. The van der Waals surface area contributed by atoms with Crippen LogP contribution in [0.5, 0.6) is 0 Å². The highest BCUT2D eigenvalue weighted by atomic mass is 35.5. The summed E-state index contributed by atoms with van der Waals surface area (Å²) in [6.07, 6.45) is 1.81. The molecule has 0 amide bonds. The number of nitrogens with zero attached hydrogens (tertiary/aromatic N) is 4. The Morgan fingerprint density at radius 2 is 1.95 bits per heavy atom. The number of halogens is 1. The fraction of sp³-hybridized carbons (Fsp3) is 0.467. The summed E-state index contributed by atoms with van der Waals surface area (Å²) in [6.45, 7) is 9.56. The average molecular weight is 308 g/mol. The molecule has 5 nitrogen and oxygen atoms in total. The van der Waals surface area contributed by atoms with E-state index in [9.17, 15) is 0 Å². The molecule has 0 aromatic carbocycles. The first kappa shape index (κ1) is 15.9. The number of hydrogen-bond donors (Lipinski definition) is 1. The van der Waals surface area contributed by atoms with Crippen LogP contribution in [-0.2, 0) is 6.54 Å². The number of hydrogen-bond acceptors (Lipinski definition) is 4. The zero-order chi connectivity index (χ0) is 13.9. The van der Waals surface area contributed by atoms with Gasteiger partial charge in [-0.2, -0.15) is 5.10 Å². The lowest BCUT2D eigenvalue weighted by atomic mass is 10.1. The number of piperazine rings is 1. The third kappa shape index (κ3) is 3.43. The Balaban J connectivity index is 0.00000161. The summed E-state index contributed by atoms with van der Waals surface area (Å²) < 4.78 is 1.95. The van der Waals surface area contributed by atoms with Crippen molar-refractivity contribution in [2.75, 3.05) is 26.2 Å². The minimum Gasteiger partial charge on any atom is -0.314 e. The van der Waals surface area contributed by atoms with Crippen molar-refractivity contribution in [3.8, 4) is 5.82 Å². The molecule has 114 valence electrons. The molecule has 0 unspecified atom stereocenters. The second-order valence-electron chi connectivity index (χ2n) is 5.28. The van der Waals surface area contributed by atoms with Crippen molar-refractivity contribution in [2.24, 2.45) is 0 Å². The molecule has 1 aliphatic heterocycles. The molecule has 21 heavy (non-hydrogen) atoms. The third-order valence-electron chi connectivity index (χ3n) is 3.90. The Kier molecular flexibility index (Phi) is 5.33. The lowest BCUT2D eigenvalue weighted by Crippen LogP contribution is -2.43. The molecule has 3 heterocycles. The van der Waals surface area contributed by atoms with E-state index in [1.165, 1.54) is 11.3 Å². The molecule has 0 aliphatic carbocycles. The minimum atomic E-state index is 0.